The summed E-state index contributed by atoms with van der Waals surface area (Å²) in [6.07, 6.45) is 3.51. The van der Waals surface area contributed by atoms with E-state index in [1.807, 2.05) is 7.05 Å². The summed E-state index contributed by atoms with van der Waals surface area (Å²) in [7, 11) is 1.88. The molecule has 2 aliphatic rings. The summed E-state index contributed by atoms with van der Waals surface area (Å²) in [5.74, 6) is 1.58. The molecule has 4 nitrogen and oxygen atoms in total. The fourth-order valence-electron chi connectivity index (χ4n) is 4.34. The van der Waals surface area contributed by atoms with Crippen molar-refractivity contribution < 1.29 is 0 Å². The van der Waals surface area contributed by atoms with Crippen LogP contribution in [0.1, 0.15) is 49.3 Å². The van der Waals surface area contributed by atoms with E-state index < -0.39 is 0 Å². The lowest BCUT2D eigenvalue weighted by molar-refractivity contribution is 0.158. The molecular weight excluding hydrogens is 344 g/mol. The minimum atomic E-state index is 0.484. The molecule has 2 aromatic rings. The average Bonchev–Trinajstić information content (AvgIpc) is 3.54. The molecule has 3 unspecified atom stereocenters. The molecule has 1 heterocycles. The molecule has 4 rings (SSSR count). The van der Waals surface area contributed by atoms with Crippen LogP contribution in [-0.4, -0.2) is 43.1 Å². The zero-order valence-electron chi connectivity index (χ0n) is 17.0. The Hall–Kier alpha value is -2.33. The third kappa shape index (κ3) is 4.56. The summed E-state index contributed by atoms with van der Waals surface area (Å²) in [6.45, 7) is 4.57. The van der Waals surface area contributed by atoms with E-state index in [1.165, 1.54) is 17.5 Å². The van der Waals surface area contributed by atoms with Gasteiger partial charge in [-0.1, -0.05) is 60.7 Å². The largest absolute Gasteiger partial charge is 0.354 e. The second-order valence-corrected chi connectivity index (χ2v) is 8.12. The van der Waals surface area contributed by atoms with Crippen molar-refractivity contribution in [2.75, 3.05) is 20.1 Å². The van der Waals surface area contributed by atoms with Crippen LogP contribution < -0.4 is 10.6 Å². The maximum absolute atomic E-state index is 4.47. The van der Waals surface area contributed by atoms with E-state index >= 15 is 0 Å². The highest BCUT2D eigenvalue weighted by atomic mass is 15.2. The number of rotatable bonds is 5. The Kier molecular flexibility index (Phi) is 5.96. The highest BCUT2D eigenvalue weighted by Gasteiger charge is 2.39. The van der Waals surface area contributed by atoms with Gasteiger partial charge in [-0.2, -0.15) is 0 Å². The van der Waals surface area contributed by atoms with Gasteiger partial charge < -0.3 is 10.6 Å². The van der Waals surface area contributed by atoms with Crippen molar-refractivity contribution in [1.29, 1.82) is 0 Å². The highest BCUT2D eigenvalue weighted by molar-refractivity contribution is 5.80. The third-order valence-corrected chi connectivity index (χ3v) is 6.26. The van der Waals surface area contributed by atoms with Crippen molar-refractivity contribution in [3.05, 3.63) is 71.8 Å². The van der Waals surface area contributed by atoms with Gasteiger partial charge in [-0.15, -0.1) is 0 Å². The highest BCUT2D eigenvalue weighted by Crippen LogP contribution is 2.40. The number of piperidine rings is 1. The van der Waals surface area contributed by atoms with Crippen molar-refractivity contribution in [2.45, 2.75) is 50.2 Å². The first-order valence-electron chi connectivity index (χ1n) is 10.6. The number of guanidine groups is 1. The average molecular weight is 377 g/mol. The number of nitrogens with one attached hydrogen (secondary N) is 2. The summed E-state index contributed by atoms with van der Waals surface area (Å²) in [4.78, 5) is 7.07. The van der Waals surface area contributed by atoms with Crippen LogP contribution in [0.25, 0.3) is 0 Å². The Labute approximate surface area is 169 Å². The summed E-state index contributed by atoms with van der Waals surface area (Å²) < 4.78 is 0. The summed E-state index contributed by atoms with van der Waals surface area (Å²) >= 11 is 0. The van der Waals surface area contributed by atoms with Gasteiger partial charge in [-0.3, -0.25) is 9.89 Å². The molecule has 1 aliphatic carbocycles. The molecule has 0 radical (unpaired) electrons. The standard InChI is InChI=1S/C24H32N4/c1-18(19-9-5-3-6-10-19)28-15-13-21(14-16-28)26-24(25-2)27-23-17-22(23)20-11-7-4-8-12-20/h3-12,18,21-23H,13-17H2,1-2H3,(H2,25,26,27). The molecule has 2 N–H and O–H groups in total. The summed E-state index contributed by atoms with van der Waals surface area (Å²) in [5, 5.41) is 7.28. The Morgan fingerprint density at radius 1 is 0.964 bits per heavy atom. The fourth-order valence-corrected chi connectivity index (χ4v) is 4.34. The lowest BCUT2D eigenvalue weighted by Crippen LogP contribution is -2.49. The van der Waals surface area contributed by atoms with Gasteiger partial charge in [0.2, 0.25) is 0 Å². The van der Waals surface area contributed by atoms with E-state index in [9.17, 15) is 0 Å². The van der Waals surface area contributed by atoms with E-state index in [0.29, 0.717) is 24.0 Å². The van der Waals surface area contributed by atoms with Crippen molar-refractivity contribution in [2.24, 2.45) is 4.99 Å². The van der Waals surface area contributed by atoms with Gasteiger partial charge in [0, 0.05) is 44.2 Å². The lowest BCUT2D eigenvalue weighted by Gasteiger charge is -2.37. The summed E-state index contributed by atoms with van der Waals surface area (Å²) in [6, 6.07) is 23.1. The molecule has 1 saturated heterocycles. The van der Waals surface area contributed by atoms with E-state index in [2.05, 4.69) is 88.1 Å². The van der Waals surface area contributed by atoms with Crippen LogP contribution in [0.15, 0.2) is 65.7 Å². The van der Waals surface area contributed by atoms with Gasteiger partial charge in [-0.05, 0) is 37.3 Å². The lowest BCUT2D eigenvalue weighted by atomic mass is 10.0. The minimum absolute atomic E-state index is 0.484. The number of hydrogen-bond acceptors (Lipinski definition) is 2. The van der Waals surface area contributed by atoms with Gasteiger partial charge in [0.1, 0.15) is 0 Å². The van der Waals surface area contributed by atoms with E-state index in [1.54, 1.807) is 0 Å². The van der Waals surface area contributed by atoms with Crippen molar-refractivity contribution in [1.82, 2.24) is 15.5 Å². The molecule has 1 aliphatic heterocycles. The van der Waals surface area contributed by atoms with Gasteiger partial charge in [0.25, 0.3) is 0 Å². The van der Waals surface area contributed by atoms with E-state index in [0.717, 1.165) is 31.9 Å². The number of hydrogen-bond donors (Lipinski definition) is 2. The van der Waals surface area contributed by atoms with Gasteiger partial charge in [-0.25, -0.2) is 0 Å². The Balaban J connectivity index is 1.24. The zero-order valence-corrected chi connectivity index (χ0v) is 17.0. The Morgan fingerprint density at radius 2 is 1.61 bits per heavy atom. The molecular formula is C24H32N4. The number of aliphatic imine (C=N–C) groups is 1. The number of nitrogens with zero attached hydrogens (tertiary/aromatic N) is 2. The fraction of sp³-hybridized carbons (Fsp3) is 0.458. The maximum Gasteiger partial charge on any atom is 0.191 e. The van der Waals surface area contributed by atoms with Crippen LogP contribution in [-0.2, 0) is 0 Å². The maximum atomic E-state index is 4.47. The van der Waals surface area contributed by atoms with Crippen LogP contribution in [0.3, 0.4) is 0 Å². The quantitative estimate of drug-likeness (QED) is 0.613. The van der Waals surface area contributed by atoms with Crippen LogP contribution in [0, 0.1) is 0 Å². The molecule has 1 saturated carbocycles. The SMILES string of the molecule is CN=C(NC1CCN(C(C)c2ccccc2)CC1)NC1CC1c1ccccc1. The zero-order chi connectivity index (χ0) is 19.3. The molecule has 0 amide bonds. The minimum Gasteiger partial charge on any atom is -0.354 e. The topological polar surface area (TPSA) is 39.7 Å². The third-order valence-electron chi connectivity index (χ3n) is 6.26. The van der Waals surface area contributed by atoms with E-state index in [4.69, 9.17) is 0 Å². The van der Waals surface area contributed by atoms with E-state index in [-0.39, 0.29) is 0 Å². The van der Waals surface area contributed by atoms with Crippen LogP contribution in [0.5, 0.6) is 0 Å². The number of likely N-dealkylation sites (tertiary alicyclic amines) is 1. The molecule has 4 heteroatoms. The Morgan fingerprint density at radius 3 is 2.25 bits per heavy atom. The van der Waals surface area contributed by atoms with Crippen LogP contribution in [0.4, 0.5) is 0 Å². The Bertz CT molecular complexity index is 766. The molecule has 2 fully saturated rings. The molecule has 0 spiro atoms. The second-order valence-electron chi connectivity index (χ2n) is 8.12. The smallest absolute Gasteiger partial charge is 0.191 e. The predicted octanol–water partition coefficient (Wildman–Crippen LogP) is 3.93. The van der Waals surface area contributed by atoms with Gasteiger partial charge in [0.05, 0.1) is 0 Å². The first-order valence-corrected chi connectivity index (χ1v) is 10.6. The van der Waals surface area contributed by atoms with Crippen LogP contribution >= 0.6 is 0 Å². The predicted molar refractivity (Wildman–Crippen MR) is 117 cm³/mol. The van der Waals surface area contributed by atoms with Crippen molar-refractivity contribution in [3.8, 4) is 0 Å². The first kappa shape index (κ1) is 19.0. The summed E-state index contributed by atoms with van der Waals surface area (Å²) in [5.41, 5.74) is 2.84. The second kappa shape index (κ2) is 8.78. The molecule has 148 valence electrons. The molecule has 3 atom stereocenters. The van der Waals surface area contributed by atoms with Gasteiger partial charge in [0.15, 0.2) is 5.96 Å². The molecule has 2 aromatic carbocycles. The molecule has 28 heavy (non-hydrogen) atoms. The molecule has 0 aromatic heterocycles. The van der Waals surface area contributed by atoms with Gasteiger partial charge >= 0.3 is 0 Å². The normalized spacial score (nSPS) is 24.6. The van der Waals surface area contributed by atoms with Crippen LogP contribution in [0.2, 0.25) is 0 Å². The first-order chi connectivity index (χ1) is 13.7. The van der Waals surface area contributed by atoms with Crippen molar-refractivity contribution in [3.63, 3.8) is 0 Å². The monoisotopic (exact) mass is 376 g/mol. The van der Waals surface area contributed by atoms with Crippen molar-refractivity contribution >= 4 is 5.96 Å². The number of benzene rings is 2. The molecule has 0 bridgehead atoms.